The number of likely N-dealkylation sites (tertiary alicyclic amines) is 1. The number of amides is 1. The van der Waals surface area contributed by atoms with Crippen molar-refractivity contribution in [3.05, 3.63) is 47.8 Å². The Kier molecular flexibility index (Phi) is 7.02. The fraction of sp³-hybridized carbons (Fsp3) is 0.385. The van der Waals surface area contributed by atoms with Gasteiger partial charge in [-0.15, -0.1) is 0 Å². The van der Waals surface area contributed by atoms with Crippen molar-refractivity contribution in [2.75, 3.05) is 51.5 Å². The Morgan fingerprint density at radius 1 is 1.31 bits per heavy atom. The first kappa shape index (κ1) is 27.0. The number of carbonyl (C=O) groups is 1. The van der Waals surface area contributed by atoms with Gasteiger partial charge in [-0.05, 0) is 43.3 Å². The first-order chi connectivity index (χ1) is 18.5. The summed E-state index contributed by atoms with van der Waals surface area (Å²) in [4.78, 5) is 18.3. The predicted molar refractivity (Wildman–Crippen MR) is 141 cm³/mol. The highest BCUT2D eigenvalue weighted by Gasteiger charge is 2.70. The predicted octanol–water partition coefficient (Wildman–Crippen LogP) is 3.84. The number of thioether (sulfide) groups is 1. The third-order valence-electron chi connectivity index (χ3n) is 6.84. The molecule has 13 heteroatoms. The number of halogens is 4. The van der Waals surface area contributed by atoms with Gasteiger partial charge in [0.25, 0.3) is 5.91 Å². The number of methoxy groups -OCH3 is 1. The van der Waals surface area contributed by atoms with Gasteiger partial charge in [0.05, 0.1) is 31.1 Å². The van der Waals surface area contributed by atoms with Crippen LogP contribution < -0.4 is 20.7 Å². The molecular formula is C26H26F4N6O2S. The van der Waals surface area contributed by atoms with Crippen molar-refractivity contribution in [2.45, 2.75) is 22.2 Å². The van der Waals surface area contributed by atoms with Gasteiger partial charge in [-0.2, -0.15) is 13.2 Å². The Bertz CT molecular complexity index is 1480. The highest BCUT2D eigenvalue weighted by molar-refractivity contribution is 8.00. The van der Waals surface area contributed by atoms with Gasteiger partial charge in [0, 0.05) is 49.6 Å². The van der Waals surface area contributed by atoms with Crippen LogP contribution in [0.5, 0.6) is 5.75 Å². The molecule has 1 amide bonds. The number of carbonyl (C=O) groups excluding carboxylic acids is 1. The fourth-order valence-electron chi connectivity index (χ4n) is 5.00. The maximum atomic E-state index is 15.1. The number of piperidine rings is 1. The molecule has 1 saturated carbocycles. The summed E-state index contributed by atoms with van der Waals surface area (Å²) in [5.41, 5.74) is -4.39. The molecule has 0 radical (unpaired) electrons. The standard InChI is InChI=1S/C26H26F4N6O2S/c1-31-23(37)15-8-9-20(38-3)19(12-15)32-10-4-6-18-24(39-26(28,29)30)36-11-5-7-17(22(36)34-18)33-21-16-13-35(2)14-25(16,21)27/h5,7-9,11-12,16,21,32-33H,10,13-14H2,1-3H3,(H,31,37)/t16-,21-,25+/m0/s1. The highest BCUT2D eigenvalue weighted by atomic mass is 32.2. The molecule has 1 saturated heterocycles. The lowest BCUT2D eigenvalue weighted by Gasteiger charge is -2.16. The summed E-state index contributed by atoms with van der Waals surface area (Å²) in [6, 6.07) is 7.68. The van der Waals surface area contributed by atoms with E-state index >= 15 is 4.39 Å². The second-order valence-corrected chi connectivity index (χ2v) is 10.5. The van der Waals surface area contributed by atoms with Crippen molar-refractivity contribution >= 4 is 34.7 Å². The minimum atomic E-state index is -4.57. The summed E-state index contributed by atoms with van der Waals surface area (Å²) >= 11 is -0.304. The molecule has 39 heavy (non-hydrogen) atoms. The first-order valence-electron chi connectivity index (χ1n) is 12.1. The molecule has 3 N–H and O–H groups in total. The first-order valence-corrected chi connectivity index (χ1v) is 12.9. The number of aromatic nitrogens is 2. The molecule has 0 spiro atoms. The number of alkyl halides is 4. The second kappa shape index (κ2) is 10.2. The minimum Gasteiger partial charge on any atom is -0.495 e. The van der Waals surface area contributed by atoms with Crippen molar-refractivity contribution < 1.29 is 27.1 Å². The molecular weight excluding hydrogens is 536 g/mol. The molecule has 2 fully saturated rings. The van der Waals surface area contributed by atoms with Crippen LogP contribution in [0.4, 0.5) is 28.9 Å². The monoisotopic (exact) mass is 562 g/mol. The molecule has 206 valence electrons. The molecule has 8 nitrogen and oxygen atoms in total. The summed E-state index contributed by atoms with van der Waals surface area (Å²) in [6.45, 7) is 0.967. The zero-order valence-electron chi connectivity index (χ0n) is 21.3. The van der Waals surface area contributed by atoms with E-state index in [1.807, 2.05) is 11.9 Å². The van der Waals surface area contributed by atoms with Crippen LogP contribution in [0.15, 0.2) is 41.6 Å². The molecule has 1 aromatic carbocycles. The Morgan fingerprint density at radius 2 is 2.10 bits per heavy atom. The van der Waals surface area contributed by atoms with Crippen LogP contribution in [-0.4, -0.2) is 78.3 Å². The second-order valence-electron chi connectivity index (χ2n) is 9.43. The normalized spacial score (nSPS) is 22.1. The van der Waals surface area contributed by atoms with Gasteiger partial charge in [-0.25, -0.2) is 9.37 Å². The summed E-state index contributed by atoms with van der Waals surface area (Å²) in [6.07, 6.45) is 1.48. The Labute approximate surface area is 226 Å². The molecule has 3 heterocycles. The number of anilines is 2. The zero-order valence-corrected chi connectivity index (χ0v) is 22.1. The highest BCUT2D eigenvalue weighted by Crippen LogP contribution is 2.54. The number of nitrogens with zero attached hydrogens (tertiary/aromatic N) is 3. The molecule has 1 aliphatic carbocycles. The Balaban J connectivity index is 1.41. The lowest BCUT2D eigenvalue weighted by Crippen LogP contribution is -2.29. The minimum absolute atomic E-state index is 0.0459. The van der Waals surface area contributed by atoms with E-state index in [0.29, 0.717) is 35.8 Å². The van der Waals surface area contributed by atoms with Gasteiger partial charge in [-0.3, -0.25) is 9.20 Å². The molecule has 3 atom stereocenters. The van der Waals surface area contributed by atoms with E-state index < -0.39 is 17.2 Å². The molecule has 3 aromatic rings. The van der Waals surface area contributed by atoms with Crippen LogP contribution in [0.2, 0.25) is 0 Å². The Hall–Kier alpha value is -3.63. The maximum Gasteiger partial charge on any atom is 0.447 e. The van der Waals surface area contributed by atoms with Gasteiger partial charge < -0.3 is 25.6 Å². The third-order valence-corrected chi connectivity index (χ3v) is 7.65. The quantitative estimate of drug-likeness (QED) is 0.229. The fourth-order valence-corrected chi connectivity index (χ4v) is 5.66. The van der Waals surface area contributed by atoms with Crippen LogP contribution in [0.3, 0.4) is 0 Å². The average molecular weight is 563 g/mol. The van der Waals surface area contributed by atoms with Gasteiger partial charge in [-0.1, -0.05) is 5.92 Å². The van der Waals surface area contributed by atoms with E-state index in [9.17, 15) is 18.0 Å². The number of hydrogen-bond acceptors (Lipinski definition) is 7. The number of nitrogens with one attached hydrogen (secondary N) is 3. The van der Waals surface area contributed by atoms with E-state index in [2.05, 4.69) is 32.8 Å². The average Bonchev–Trinajstić information content (AvgIpc) is 3.14. The lowest BCUT2D eigenvalue weighted by atomic mass is 10.1. The van der Waals surface area contributed by atoms with Gasteiger partial charge in [0.2, 0.25) is 0 Å². The van der Waals surface area contributed by atoms with Gasteiger partial charge >= 0.3 is 5.51 Å². The largest absolute Gasteiger partial charge is 0.495 e. The molecule has 1 aliphatic heterocycles. The smallest absolute Gasteiger partial charge is 0.447 e. The molecule has 0 unspecified atom stereocenters. The SMILES string of the molecule is CNC(=O)c1ccc(OC)c(NCC#Cc2nc3c(N[C@H]4[C@@H]5CN(C)C[C@@]54F)cccn3c2SC(F)(F)F)c1. The van der Waals surface area contributed by atoms with Crippen LogP contribution in [0, 0.1) is 17.8 Å². The van der Waals surface area contributed by atoms with E-state index in [1.54, 1.807) is 30.3 Å². The summed E-state index contributed by atoms with van der Waals surface area (Å²) in [5.74, 6) is 5.56. The van der Waals surface area contributed by atoms with Crippen molar-refractivity contribution in [3.63, 3.8) is 0 Å². The number of hydrogen-bond donors (Lipinski definition) is 3. The number of ether oxygens (including phenoxy) is 1. The maximum absolute atomic E-state index is 15.1. The summed E-state index contributed by atoms with van der Waals surface area (Å²) in [7, 11) is 4.85. The van der Waals surface area contributed by atoms with E-state index in [4.69, 9.17) is 4.74 Å². The Morgan fingerprint density at radius 3 is 2.77 bits per heavy atom. The third kappa shape index (κ3) is 5.31. The van der Waals surface area contributed by atoms with E-state index in [0.717, 1.165) is 0 Å². The van der Waals surface area contributed by atoms with Crippen molar-refractivity contribution in [2.24, 2.45) is 5.92 Å². The molecule has 0 bridgehead atoms. The van der Waals surface area contributed by atoms with Crippen LogP contribution in [0.25, 0.3) is 5.65 Å². The van der Waals surface area contributed by atoms with Crippen LogP contribution >= 0.6 is 11.8 Å². The summed E-state index contributed by atoms with van der Waals surface area (Å²) in [5, 5.41) is 8.55. The topological polar surface area (TPSA) is 82.9 Å². The summed E-state index contributed by atoms with van der Waals surface area (Å²) < 4.78 is 62.2. The molecule has 2 aromatic heterocycles. The molecule has 5 rings (SSSR count). The van der Waals surface area contributed by atoms with Crippen LogP contribution in [-0.2, 0) is 0 Å². The number of fused-ring (bicyclic) bond motifs is 2. The van der Waals surface area contributed by atoms with Gasteiger partial charge in [0.15, 0.2) is 5.65 Å². The molecule has 2 aliphatic rings. The van der Waals surface area contributed by atoms with Crippen molar-refractivity contribution in [3.8, 4) is 17.6 Å². The van der Waals surface area contributed by atoms with Crippen molar-refractivity contribution in [1.29, 1.82) is 0 Å². The number of rotatable bonds is 7. The number of pyridine rings is 1. The van der Waals surface area contributed by atoms with Crippen LogP contribution in [0.1, 0.15) is 16.1 Å². The van der Waals surface area contributed by atoms with Crippen molar-refractivity contribution in [1.82, 2.24) is 19.6 Å². The lowest BCUT2D eigenvalue weighted by molar-refractivity contribution is -0.0330. The van der Waals surface area contributed by atoms with E-state index in [-0.39, 0.29) is 46.5 Å². The zero-order chi connectivity index (χ0) is 27.9. The van der Waals surface area contributed by atoms with Gasteiger partial charge in [0.1, 0.15) is 22.1 Å². The number of benzene rings is 1. The van der Waals surface area contributed by atoms with E-state index in [1.165, 1.54) is 24.8 Å². The number of imidazole rings is 1.